The minimum Gasteiger partial charge on any atom is -0.503 e. The number of Topliss-reactive ketones (excluding diaryl/α,β-unsaturated/α-hetero) is 1. The number of hydrogen-bond donors (Lipinski definition) is 1. The van der Waals surface area contributed by atoms with Gasteiger partial charge < -0.3 is 14.3 Å². The first-order chi connectivity index (χ1) is 16.9. The summed E-state index contributed by atoms with van der Waals surface area (Å²) in [6.45, 7) is 11.5. The molecule has 0 saturated carbocycles. The minimum atomic E-state index is -0.968. The number of aliphatic hydroxyl groups excluding tert-OH is 1. The monoisotopic (exact) mass is 508 g/mol. The molecule has 188 valence electrons. The largest absolute Gasteiger partial charge is 0.503 e. The fourth-order valence-electron chi connectivity index (χ4n) is 4.08. The Morgan fingerprint density at radius 1 is 1.14 bits per heavy atom. The second-order valence-corrected chi connectivity index (χ2v) is 10.6. The zero-order chi connectivity index (χ0) is 26.4. The van der Waals surface area contributed by atoms with Crippen LogP contribution in [-0.2, 0) is 14.9 Å². The Balaban J connectivity index is 1.85. The topological polar surface area (TPSA) is 110 Å². The minimum absolute atomic E-state index is 0.0162. The van der Waals surface area contributed by atoms with Gasteiger partial charge in [0, 0.05) is 0 Å². The summed E-state index contributed by atoms with van der Waals surface area (Å²) in [4.78, 5) is 45.2. The highest BCUT2D eigenvalue weighted by Crippen LogP contribution is 2.44. The number of aromatic nitrogens is 1. The summed E-state index contributed by atoms with van der Waals surface area (Å²) in [6.07, 6.45) is 0. The first kappa shape index (κ1) is 25.4. The van der Waals surface area contributed by atoms with Gasteiger partial charge in [0.05, 0.1) is 23.9 Å². The number of ketones is 1. The van der Waals surface area contributed by atoms with Crippen molar-refractivity contribution >= 4 is 34.1 Å². The van der Waals surface area contributed by atoms with Gasteiger partial charge in [-0.15, -0.1) is 0 Å². The van der Waals surface area contributed by atoms with Crippen LogP contribution in [0.4, 0.5) is 5.13 Å². The molecule has 1 amide bonds. The highest BCUT2D eigenvalue weighted by Gasteiger charge is 2.47. The number of aryl methyl sites for hydroxylation is 2. The summed E-state index contributed by atoms with van der Waals surface area (Å²) in [5.74, 6) is -2.06. The Morgan fingerprint density at radius 2 is 1.81 bits per heavy atom. The molecular formula is C27H28N2O6S. The molecule has 3 heterocycles. The summed E-state index contributed by atoms with van der Waals surface area (Å²) in [5.41, 5.74) is 1.86. The molecule has 36 heavy (non-hydrogen) atoms. The van der Waals surface area contributed by atoms with E-state index in [-0.39, 0.29) is 33.4 Å². The molecule has 8 nitrogen and oxygen atoms in total. The third kappa shape index (κ3) is 4.46. The van der Waals surface area contributed by atoms with Gasteiger partial charge in [-0.1, -0.05) is 56.4 Å². The number of aliphatic hydroxyl groups is 1. The number of ether oxygens (including phenoxy) is 1. The van der Waals surface area contributed by atoms with Crippen LogP contribution < -0.4 is 4.90 Å². The van der Waals surface area contributed by atoms with Gasteiger partial charge in [-0.2, -0.15) is 0 Å². The molecule has 0 bridgehead atoms. The van der Waals surface area contributed by atoms with Crippen molar-refractivity contribution in [1.82, 2.24) is 4.98 Å². The normalized spacial score (nSPS) is 16.1. The maximum atomic E-state index is 13.5. The molecule has 1 aromatic carbocycles. The third-order valence-corrected chi connectivity index (χ3v) is 7.10. The van der Waals surface area contributed by atoms with E-state index >= 15 is 0 Å². The Hall–Kier alpha value is -3.72. The molecule has 4 rings (SSSR count). The Labute approximate surface area is 213 Å². The number of thiazole rings is 1. The van der Waals surface area contributed by atoms with Gasteiger partial charge in [-0.3, -0.25) is 14.5 Å². The van der Waals surface area contributed by atoms with Crippen LogP contribution in [-0.4, -0.2) is 34.4 Å². The van der Waals surface area contributed by atoms with E-state index in [2.05, 4.69) is 25.8 Å². The molecule has 2 aromatic heterocycles. The highest BCUT2D eigenvalue weighted by molar-refractivity contribution is 7.17. The molecule has 1 aliphatic rings. The van der Waals surface area contributed by atoms with Crippen LogP contribution in [0.2, 0.25) is 0 Å². The number of furan rings is 1. The quantitative estimate of drug-likeness (QED) is 0.340. The van der Waals surface area contributed by atoms with Crippen LogP contribution in [0.25, 0.3) is 0 Å². The Kier molecular flexibility index (Phi) is 6.62. The molecular weight excluding hydrogens is 480 g/mol. The van der Waals surface area contributed by atoms with Crippen molar-refractivity contribution in [2.45, 2.75) is 53.0 Å². The van der Waals surface area contributed by atoms with E-state index in [0.29, 0.717) is 17.0 Å². The predicted molar refractivity (Wildman–Crippen MR) is 136 cm³/mol. The second-order valence-electron chi connectivity index (χ2n) is 9.58. The van der Waals surface area contributed by atoms with Crippen LogP contribution in [0.5, 0.6) is 0 Å². The van der Waals surface area contributed by atoms with Crippen molar-refractivity contribution in [2.24, 2.45) is 0 Å². The van der Waals surface area contributed by atoms with E-state index in [1.165, 1.54) is 11.0 Å². The van der Waals surface area contributed by atoms with Crippen LogP contribution >= 0.6 is 11.3 Å². The summed E-state index contributed by atoms with van der Waals surface area (Å²) in [7, 11) is 0. The number of benzene rings is 1. The van der Waals surface area contributed by atoms with E-state index in [0.717, 1.165) is 16.9 Å². The van der Waals surface area contributed by atoms with E-state index in [1.807, 2.05) is 24.3 Å². The highest BCUT2D eigenvalue weighted by atomic mass is 32.1. The van der Waals surface area contributed by atoms with Crippen LogP contribution in [0.3, 0.4) is 0 Å². The van der Waals surface area contributed by atoms with E-state index in [9.17, 15) is 19.5 Å². The molecule has 0 spiro atoms. The lowest BCUT2D eigenvalue weighted by molar-refractivity contribution is -0.117. The number of carbonyl (C=O) groups is 3. The average Bonchev–Trinajstić information content (AvgIpc) is 3.49. The van der Waals surface area contributed by atoms with Crippen molar-refractivity contribution in [3.8, 4) is 0 Å². The van der Waals surface area contributed by atoms with Crippen molar-refractivity contribution in [3.05, 3.63) is 80.9 Å². The summed E-state index contributed by atoms with van der Waals surface area (Å²) < 4.78 is 10.6. The smallest absolute Gasteiger partial charge is 0.350 e. The summed E-state index contributed by atoms with van der Waals surface area (Å²) >= 11 is 0.977. The van der Waals surface area contributed by atoms with E-state index in [4.69, 9.17) is 9.15 Å². The van der Waals surface area contributed by atoms with Gasteiger partial charge in [0.2, 0.25) is 5.78 Å². The summed E-state index contributed by atoms with van der Waals surface area (Å²) in [6, 6.07) is 9.71. The number of amides is 1. The van der Waals surface area contributed by atoms with Gasteiger partial charge in [-0.25, -0.2) is 9.78 Å². The Morgan fingerprint density at radius 3 is 2.36 bits per heavy atom. The molecule has 1 aliphatic heterocycles. The van der Waals surface area contributed by atoms with Gasteiger partial charge in [-0.05, 0) is 49.4 Å². The van der Waals surface area contributed by atoms with Crippen molar-refractivity contribution in [1.29, 1.82) is 0 Å². The van der Waals surface area contributed by atoms with Crippen molar-refractivity contribution in [2.75, 3.05) is 11.5 Å². The average molecular weight is 509 g/mol. The van der Waals surface area contributed by atoms with E-state index < -0.39 is 29.5 Å². The molecule has 1 N–H and O–H groups in total. The van der Waals surface area contributed by atoms with Gasteiger partial charge >= 0.3 is 5.97 Å². The summed E-state index contributed by atoms with van der Waals surface area (Å²) in [5, 5.41) is 11.1. The van der Waals surface area contributed by atoms with Crippen molar-refractivity contribution in [3.63, 3.8) is 0 Å². The first-order valence-electron chi connectivity index (χ1n) is 11.6. The Bertz CT molecular complexity index is 1370. The zero-order valence-electron chi connectivity index (χ0n) is 21.0. The molecule has 9 heteroatoms. The molecule has 0 fully saturated rings. The molecule has 0 unspecified atom stereocenters. The SMILES string of the molecule is CCOC(=O)c1sc(N2C(=O)C(O)=C(C(=O)c3ccc(C)o3)[C@H]2c2ccc(C(C)(C)C)cc2)nc1C. The number of hydrogen-bond acceptors (Lipinski definition) is 8. The van der Waals surface area contributed by atoms with Gasteiger partial charge in [0.15, 0.2) is 16.7 Å². The second kappa shape index (κ2) is 9.39. The van der Waals surface area contributed by atoms with Gasteiger partial charge in [0.25, 0.3) is 5.91 Å². The zero-order valence-corrected chi connectivity index (χ0v) is 21.9. The van der Waals surface area contributed by atoms with Gasteiger partial charge in [0.1, 0.15) is 10.6 Å². The van der Waals surface area contributed by atoms with Crippen LogP contribution in [0.1, 0.15) is 76.5 Å². The standard InChI is InChI=1S/C27H28N2O6S/c1-7-34-25(33)23-15(3)28-26(36-23)29-20(16-9-11-17(12-10-16)27(4,5)6)19(22(31)24(29)32)21(30)18-13-8-14(2)35-18/h8-13,20,31H,7H2,1-6H3/t20-/m1/s1. The molecule has 3 aromatic rings. The molecule has 1 atom stereocenters. The lowest BCUT2D eigenvalue weighted by Crippen LogP contribution is -2.31. The fraction of sp³-hybridized carbons (Fsp3) is 0.333. The van der Waals surface area contributed by atoms with E-state index in [1.54, 1.807) is 26.8 Å². The number of nitrogens with zero attached hydrogens (tertiary/aromatic N) is 2. The molecule has 0 radical (unpaired) electrons. The van der Waals surface area contributed by atoms with Crippen molar-refractivity contribution < 1.29 is 28.6 Å². The molecule has 0 saturated heterocycles. The third-order valence-electron chi connectivity index (χ3n) is 5.96. The number of esters is 1. The number of rotatable bonds is 6. The maximum absolute atomic E-state index is 13.5. The van der Waals surface area contributed by atoms with Crippen LogP contribution in [0.15, 0.2) is 52.1 Å². The lowest BCUT2D eigenvalue weighted by Gasteiger charge is -2.25. The number of anilines is 1. The fourth-order valence-corrected chi connectivity index (χ4v) is 5.06. The lowest BCUT2D eigenvalue weighted by atomic mass is 9.85. The number of carbonyl (C=O) groups excluding carboxylic acids is 3. The first-order valence-corrected chi connectivity index (χ1v) is 12.4. The maximum Gasteiger partial charge on any atom is 0.350 e. The molecule has 0 aliphatic carbocycles. The van der Waals surface area contributed by atoms with Crippen LogP contribution in [0, 0.1) is 13.8 Å². The predicted octanol–water partition coefficient (Wildman–Crippen LogP) is 5.61.